The number of carbonyl (C=O) groups is 2. The predicted molar refractivity (Wildman–Crippen MR) is 99.8 cm³/mol. The fourth-order valence-corrected chi connectivity index (χ4v) is 3.03. The van der Waals surface area contributed by atoms with Gasteiger partial charge in [0.15, 0.2) is 18.1 Å². The molecule has 0 saturated carbocycles. The first kappa shape index (κ1) is 19.8. The second-order valence-electron chi connectivity index (χ2n) is 4.92. The van der Waals surface area contributed by atoms with Crippen molar-refractivity contribution in [2.45, 2.75) is 0 Å². The molecule has 138 valence electrons. The van der Waals surface area contributed by atoms with E-state index in [1.807, 2.05) is 0 Å². The zero-order valence-corrected chi connectivity index (χ0v) is 16.0. The highest BCUT2D eigenvalue weighted by molar-refractivity contribution is 7.18. The van der Waals surface area contributed by atoms with Crippen LogP contribution in [0.1, 0.15) is 15.2 Å². The molecular formula is C18H17ClO6S. The van der Waals surface area contributed by atoms with Crippen LogP contribution in [-0.4, -0.2) is 39.7 Å². The zero-order valence-electron chi connectivity index (χ0n) is 14.4. The highest BCUT2D eigenvalue weighted by Gasteiger charge is 2.12. The number of methoxy groups -OCH3 is 3. The molecule has 6 nitrogen and oxygen atoms in total. The summed E-state index contributed by atoms with van der Waals surface area (Å²) in [5, 5.41) is 0. The van der Waals surface area contributed by atoms with Crippen LogP contribution in [0.2, 0.25) is 4.34 Å². The molecule has 1 heterocycles. The molecule has 0 bridgehead atoms. The molecule has 2 rings (SSSR count). The molecule has 0 N–H and O–H groups in total. The summed E-state index contributed by atoms with van der Waals surface area (Å²) in [6.07, 6.45) is 2.72. The summed E-state index contributed by atoms with van der Waals surface area (Å²) in [7, 11) is 4.53. The van der Waals surface area contributed by atoms with Crippen molar-refractivity contribution in [1.82, 2.24) is 0 Å². The average Bonchev–Trinajstić information content (AvgIpc) is 3.09. The van der Waals surface area contributed by atoms with Gasteiger partial charge in [0.05, 0.1) is 30.5 Å². The average molecular weight is 397 g/mol. The Morgan fingerprint density at radius 1 is 1.04 bits per heavy atom. The monoisotopic (exact) mass is 396 g/mol. The van der Waals surface area contributed by atoms with Crippen LogP contribution in [0.4, 0.5) is 0 Å². The predicted octanol–water partition coefficient (Wildman–Crippen LogP) is 3.87. The Morgan fingerprint density at radius 2 is 1.69 bits per heavy atom. The van der Waals surface area contributed by atoms with Crippen molar-refractivity contribution in [3.05, 3.63) is 45.1 Å². The summed E-state index contributed by atoms with van der Waals surface area (Å²) in [4.78, 5) is 24.2. The van der Waals surface area contributed by atoms with E-state index >= 15 is 0 Å². The number of hydrogen-bond donors (Lipinski definition) is 0. The normalized spacial score (nSPS) is 10.6. The van der Waals surface area contributed by atoms with Crippen LogP contribution in [0.25, 0.3) is 6.08 Å². The standard InChI is InChI=1S/C18H17ClO6S/c1-22-13-9-15(24-3)14(23-2)8-11(13)4-7-18(21)25-10-12(20)16-5-6-17(19)26-16/h4-9H,10H2,1-3H3/b7-4+. The lowest BCUT2D eigenvalue weighted by molar-refractivity contribution is -0.136. The minimum absolute atomic E-state index is 0.313. The Labute approximate surface area is 159 Å². The molecule has 0 aliphatic carbocycles. The lowest BCUT2D eigenvalue weighted by atomic mass is 10.1. The molecule has 0 saturated heterocycles. The van der Waals surface area contributed by atoms with E-state index in [4.69, 9.17) is 30.5 Å². The van der Waals surface area contributed by atoms with Crippen molar-refractivity contribution in [3.8, 4) is 17.2 Å². The van der Waals surface area contributed by atoms with Crippen molar-refractivity contribution in [3.63, 3.8) is 0 Å². The Hall–Kier alpha value is -2.51. The Morgan fingerprint density at radius 3 is 2.27 bits per heavy atom. The number of rotatable bonds is 8. The number of esters is 1. The van der Waals surface area contributed by atoms with Crippen molar-refractivity contribution >= 4 is 40.8 Å². The number of ketones is 1. The molecule has 8 heteroatoms. The van der Waals surface area contributed by atoms with Gasteiger partial charge in [0.2, 0.25) is 5.78 Å². The topological polar surface area (TPSA) is 71.1 Å². The Balaban J connectivity index is 2.04. The number of benzene rings is 1. The molecule has 0 atom stereocenters. The lowest BCUT2D eigenvalue weighted by Crippen LogP contribution is -2.11. The first-order chi connectivity index (χ1) is 12.5. The molecule has 1 aromatic carbocycles. The van der Waals surface area contributed by atoms with E-state index in [1.54, 1.807) is 24.3 Å². The van der Waals surface area contributed by atoms with E-state index < -0.39 is 5.97 Å². The van der Waals surface area contributed by atoms with Gasteiger partial charge in [-0.15, -0.1) is 11.3 Å². The first-order valence-electron chi connectivity index (χ1n) is 7.42. The summed E-state index contributed by atoms with van der Waals surface area (Å²) in [5.74, 6) is 0.525. The molecular weight excluding hydrogens is 380 g/mol. The van der Waals surface area contributed by atoms with E-state index in [-0.39, 0.29) is 12.4 Å². The van der Waals surface area contributed by atoms with Gasteiger partial charge in [0, 0.05) is 17.7 Å². The van der Waals surface area contributed by atoms with Gasteiger partial charge in [-0.1, -0.05) is 11.6 Å². The highest BCUT2D eigenvalue weighted by atomic mass is 35.5. The van der Waals surface area contributed by atoms with Gasteiger partial charge >= 0.3 is 5.97 Å². The number of thiophene rings is 1. The maximum atomic E-state index is 11.9. The third-order valence-corrected chi connectivity index (χ3v) is 4.60. The molecule has 0 radical (unpaired) electrons. The molecule has 0 aliphatic rings. The molecule has 0 spiro atoms. The van der Waals surface area contributed by atoms with Gasteiger partial charge in [-0.25, -0.2) is 4.79 Å². The second kappa shape index (κ2) is 9.26. The van der Waals surface area contributed by atoms with E-state index in [0.717, 1.165) is 11.3 Å². The van der Waals surface area contributed by atoms with Crippen LogP contribution in [0, 0.1) is 0 Å². The van der Waals surface area contributed by atoms with Crippen molar-refractivity contribution in [2.75, 3.05) is 27.9 Å². The number of Topliss-reactive ketones (excluding diaryl/α,β-unsaturated/α-hetero) is 1. The third-order valence-electron chi connectivity index (χ3n) is 3.33. The van der Waals surface area contributed by atoms with Gasteiger partial charge < -0.3 is 18.9 Å². The van der Waals surface area contributed by atoms with Crippen LogP contribution in [0.15, 0.2) is 30.3 Å². The van der Waals surface area contributed by atoms with Gasteiger partial charge in [0.1, 0.15) is 5.75 Å². The number of halogens is 1. The minimum Gasteiger partial charge on any atom is -0.496 e. The summed E-state index contributed by atoms with van der Waals surface area (Å²) < 4.78 is 21.2. The van der Waals surface area contributed by atoms with Gasteiger partial charge in [-0.2, -0.15) is 0 Å². The van der Waals surface area contributed by atoms with Gasteiger partial charge in [-0.05, 0) is 24.3 Å². The largest absolute Gasteiger partial charge is 0.496 e. The highest BCUT2D eigenvalue weighted by Crippen LogP contribution is 2.35. The number of ether oxygens (including phenoxy) is 4. The maximum Gasteiger partial charge on any atom is 0.331 e. The summed E-state index contributed by atoms with van der Waals surface area (Å²) >= 11 is 6.91. The van der Waals surface area contributed by atoms with Crippen molar-refractivity contribution in [1.29, 1.82) is 0 Å². The molecule has 2 aromatic rings. The van der Waals surface area contributed by atoms with E-state index in [1.165, 1.54) is 33.5 Å². The van der Waals surface area contributed by atoms with E-state index in [9.17, 15) is 9.59 Å². The van der Waals surface area contributed by atoms with Crippen LogP contribution < -0.4 is 14.2 Å². The smallest absolute Gasteiger partial charge is 0.331 e. The molecule has 0 fully saturated rings. The second-order valence-corrected chi connectivity index (χ2v) is 6.63. The maximum absolute atomic E-state index is 11.9. The zero-order chi connectivity index (χ0) is 19.1. The molecule has 0 amide bonds. The van der Waals surface area contributed by atoms with Gasteiger partial charge in [0.25, 0.3) is 0 Å². The fourth-order valence-electron chi connectivity index (χ4n) is 2.06. The fraction of sp³-hybridized carbons (Fsp3) is 0.222. The van der Waals surface area contributed by atoms with Crippen LogP contribution in [-0.2, 0) is 9.53 Å². The van der Waals surface area contributed by atoms with Crippen LogP contribution in [0.3, 0.4) is 0 Å². The van der Waals surface area contributed by atoms with Crippen LogP contribution in [0.5, 0.6) is 17.2 Å². The molecule has 1 aromatic heterocycles. The van der Waals surface area contributed by atoms with Gasteiger partial charge in [-0.3, -0.25) is 4.79 Å². The van der Waals surface area contributed by atoms with Crippen LogP contribution >= 0.6 is 22.9 Å². The summed E-state index contributed by atoms with van der Waals surface area (Å²) in [6.45, 7) is -0.358. The van der Waals surface area contributed by atoms with E-state index in [2.05, 4.69) is 0 Å². The third kappa shape index (κ3) is 5.00. The van der Waals surface area contributed by atoms with E-state index in [0.29, 0.717) is 32.0 Å². The summed E-state index contributed by atoms with van der Waals surface area (Å²) in [6, 6.07) is 6.52. The number of carbonyl (C=O) groups excluding carboxylic acids is 2. The summed E-state index contributed by atoms with van der Waals surface area (Å²) in [5.41, 5.74) is 0.596. The number of hydrogen-bond acceptors (Lipinski definition) is 7. The molecule has 0 aliphatic heterocycles. The Kier molecular flexibility index (Phi) is 7.06. The molecule has 26 heavy (non-hydrogen) atoms. The Bertz CT molecular complexity index is 827. The van der Waals surface area contributed by atoms with Crippen molar-refractivity contribution in [2.24, 2.45) is 0 Å². The SMILES string of the molecule is COc1cc(OC)c(OC)cc1/C=C/C(=O)OCC(=O)c1ccc(Cl)s1. The molecule has 0 unspecified atom stereocenters. The lowest BCUT2D eigenvalue weighted by Gasteiger charge is -2.12. The quantitative estimate of drug-likeness (QED) is 0.383. The first-order valence-corrected chi connectivity index (χ1v) is 8.61. The minimum atomic E-state index is -0.655. The van der Waals surface area contributed by atoms with Crippen molar-refractivity contribution < 1.29 is 28.5 Å².